The number of para-hydroxylation sites is 1. The Bertz CT molecular complexity index is 1200. The Kier molecular flexibility index (Phi) is 7.56. The molecule has 3 aromatic rings. The largest absolute Gasteiger partial charge is 0.495 e. The van der Waals surface area contributed by atoms with Crippen LogP contribution in [0.4, 0.5) is 5.69 Å². The number of nitrogens with zero attached hydrogens (tertiary/aromatic N) is 2. The zero-order valence-electron chi connectivity index (χ0n) is 20.5. The summed E-state index contributed by atoms with van der Waals surface area (Å²) in [7, 11) is 1.54. The predicted molar refractivity (Wildman–Crippen MR) is 133 cm³/mol. The Morgan fingerprint density at radius 1 is 1.09 bits per heavy atom. The Labute approximate surface area is 200 Å². The minimum atomic E-state index is -0.614. The van der Waals surface area contributed by atoms with E-state index in [1.54, 1.807) is 6.08 Å². The smallest absolute Gasteiger partial charge is 0.331 e. The Morgan fingerprint density at radius 2 is 1.79 bits per heavy atom. The molecule has 7 nitrogen and oxygen atoms in total. The number of carbonyl (C=O) groups excluding carboxylic acids is 2. The number of esters is 1. The van der Waals surface area contributed by atoms with Crippen LogP contribution < -0.4 is 10.1 Å². The molecule has 1 aromatic heterocycles. The summed E-state index contributed by atoms with van der Waals surface area (Å²) in [5.74, 6) is -0.527. The number of anilines is 1. The first-order valence-corrected chi connectivity index (χ1v) is 11.0. The van der Waals surface area contributed by atoms with Gasteiger partial charge in [-0.15, -0.1) is 0 Å². The molecule has 1 amide bonds. The molecule has 3 rings (SSSR count). The molecular formula is C27H31N3O4. The Morgan fingerprint density at radius 3 is 2.44 bits per heavy atom. The molecule has 0 atom stereocenters. The van der Waals surface area contributed by atoms with Crippen molar-refractivity contribution in [3.8, 4) is 11.4 Å². The molecule has 0 fully saturated rings. The lowest BCUT2D eigenvalue weighted by Gasteiger charge is -2.21. The second kappa shape index (κ2) is 10.4. The van der Waals surface area contributed by atoms with Crippen molar-refractivity contribution in [3.05, 3.63) is 77.1 Å². The number of benzene rings is 2. The summed E-state index contributed by atoms with van der Waals surface area (Å²) >= 11 is 0. The van der Waals surface area contributed by atoms with E-state index in [4.69, 9.17) is 9.47 Å². The van der Waals surface area contributed by atoms with Crippen molar-refractivity contribution in [2.24, 2.45) is 0 Å². The summed E-state index contributed by atoms with van der Waals surface area (Å²) < 4.78 is 12.3. The number of aryl methyl sites for hydroxylation is 1. The highest BCUT2D eigenvalue weighted by Crippen LogP contribution is 2.31. The first kappa shape index (κ1) is 24.8. The van der Waals surface area contributed by atoms with Gasteiger partial charge in [0.05, 0.1) is 24.2 Å². The number of amides is 1. The topological polar surface area (TPSA) is 82.4 Å². The highest BCUT2D eigenvalue weighted by Gasteiger charge is 2.17. The van der Waals surface area contributed by atoms with Gasteiger partial charge < -0.3 is 14.8 Å². The molecule has 0 unspecified atom stereocenters. The van der Waals surface area contributed by atoms with E-state index in [9.17, 15) is 9.59 Å². The molecule has 0 spiro atoms. The van der Waals surface area contributed by atoms with Crippen LogP contribution in [0.2, 0.25) is 0 Å². The number of methoxy groups -OCH3 is 1. The van der Waals surface area contributed by atoms with Gasteiger partial charge in [-0.1, -0.05) is 45.0 Å². The highest BCUT2D eigenvalue weighted by molar-refractivity contribution is 5.95. The summed E-state index contributed by atoms with van der Waals surface area (Å²) in [4.78, 5) is 24.6. The SMILES string of the molecule is COc1ccc(C(C)(C)C)cc1NC(=O)COC(=O)C=Cc1c(C)nn(-c2ccccc2)c1C. The maximum atomic E-state index is 12.4. The molecule has 178 valence electrons. The molecule has 0 saturated heterocycles. The normalized spacial score (nSPS) is 11.5. The van der Waals surface area contributed by atoms with Crippen molar-refractivity contribution in [1.29, 1.82) is 0 Å². The number of rotatable bonds is 7. The maximum absolute atomic E-state index is 12.4. The third-order valence-corrected chi connectivity index (χ3v) is 5.42. The average molecular weight is 462 g/mol. The van der Waals surface area contributed by atoms with Crippen LogP contribution in [0.25, 0.3) is 11.8 Å². The molecule has 0 aliphatic carbocycles. The van der Waals surface area contributed by atoms with Crippen molar-refractivity contribution < 1.29 is 19.1 Å². The Hall–Kier alpha value is -3.87. The van der Waals surface area contributed by atoms with E-state index in [1.165, 1.54) is 13.2 Å². The second-order valence-electron chi connectivity index (χ2n) is 8.99. The van der Waals surface area contributed by atoms with E-state index in [0.717, 1.165) is 28.2 Å². The van der Waals surface area contributed by atoms with Crippen molar-refractivity contribution in [2.75, 3.05) is 19.0 Å². The Balaban J connectivity index is 1.63. The zero-order chi connectivity index (χ0) is 24.9. The molecular weight excluding hydrogens is 430 g/mol. The van der Waals surface area contributed by atoms with Gasteiger partial charge in [0.1, 0.15) is 5.75 Å². The first-order valence-electron chi connectivity index (χ1n) is 11.0. The fraction of sp³-hybridized carbons (Fsp3) is 0.296. The number of carbonyl (C=O) groups is 2. The molecule has 1 heterocycles. The lowest BCUT2D eigenvalue weighted by molar-refractivity contribution is -0.142. The lowest BCUT2D eigenvalue weighted by atomic mass is 9.87. The second-order valence-corrected chi connectivity index (χ2v) is 8.99. The third kappa shape index (κ3) is 5.92. The van der Waals surface area contributed by atoms with Gasteiger partial charge in [-0.3, -0.25) is 4.79 Å². The van der Waals surface area contributed by atoms with Gasteiger partial charge in [0, 0.05) is 17.3 Å². The van der Waals surface area contributed by atoms with Gasteiger partial charge in [0.25, 0.3) is 5.91 Å². The van der Waals surface area contributed by atoms with Crippen LogP contribution in [0.5, 0.6) is 5.75 Å². The van der Waals surface area contributed by atoms with Gasteiger partial charge in [-0.2, -0.15) is 5.10 Å². The van der Waals surface area contributed by atoms with E-state index in [0.29, 0.717) is 11.4 Å². The van der Waals surface area contributed by atoms with Gasteiger partial charge >= 0.3 is 5.97 Å². The number of hydrogen-bond acceptors (Lipinski definition) is 5. The minimum absolute atomic E-state index is 0.0897. The molecule has 0 aliphatic rings. The monoisotopic (exact) mass is 461 g/mol. The van der Waals surface area contributed by atoms with E-state index in [1.807, 2.05) is 67.1 Å². The van der Waals surface area contributed by atoms with E-state index < -0.39 is 18.5 Å². The van der Waals surface area contributed by atoms with Crippen LogP contribution in [0.3, 0.4) is 0 Å². The standard InChI is InChI=1S/C27H31N3O4/c1-18-22(19(2)30(29-18)21-10-8-7-9-11-21)13-15-26(32)34-17-25(31)28-23-16-20(27(3,4)5)12-14-24(23)33-6/h7-16H,17H2,1-6H3,(H,28,31). The molecule has 0 aliphatic heterocycles. The van der Waals surface area contributed by atoms with Crippen molar-refractivity contribution >= 4 is 23.6 Å². The van der Waals surface area contributed by atoms with Gasteiger partial charge in [0.2, 0.25) is 0 Å². The quantitative estimate of drug-likeness (QED) is 0.396. The number of nitrogens with one attached hydrogen (secondary N) is 1. The van der Waals surface area contributed by atoms with E-state index >= 15 is 0 Å². The molecule has 7 heteroatoms. The maximum Gasteiger partial charge on any atom is 0.331 e. The molecule has 1 N–H and O–H groups in total. The van der Waals surface area contributed by atoms with E-state index in [-0.39, 0.29) is 5.41 Å². The number of hydrogen-bond donors (Lipinski definition) is 1. The highest BCUT2D eigenvalue weighted by atomic mass is 16.5. The van der Waals surface area contributed by atoms with Gasteiger partial charge in [-0.05, 0) is 55.2 Å². The average Bonchev–Trinajstić information content (AvgIpc) is 3.09. The van der Waals surface area contributed by atoms with Gasteiger partial charge in [0.15, 0.2) is 6.61 Å². The number of ether oxygens (including phenoxy) is 2. The summed E-state index contributed by atoms with van der Waals surface area (Å²) in [6.45, 7) is 9.66. The van der Waals surface area contributed by atoms with Crippen LogP contribution in [-0.4, -0.2) is 35.4 Å². The fourth-order valence-corrected chi connectivity index (χ4v) is 3.51. The van der Waals surface area contributed by atoms with Crippen molar-refractivity contribution in [2.45, 2.75) is 40.0 Å². The van der Waals surface area contributed by atoms with Crippen LogP contribution in [-0.2, 0) is 19.7 Å². The summed E-state index contributed by atoms with van der Waals surface area (Å²) in [6, 6.07) is 15.4. The van der Waals surface area contributed by atoms with Crippen molar-refractivity contribution in [1.82, 2.24) is 9.78 Å². The van der Waals surface area contributed by atoms with Crippen LogP contribution in [0.15, 0.2) is 54.6 Å². The van der Waals surface area contributed by atoms with Crippen LogP contribution in [0.1, 0.15) is 43.3 Å². The minimum Gasteiger partial charge on any atom is -0.495 e. The molecule has 0 radical (unpaired) electrons. The van der Waals surface area contributed by atoms with Crippen molar-refractivity contribution in [3.63, 3.8) is 0 Å². The fourth-order valence-electron chi connectivity index (χ4n) is 3.51. The summed E-state index contributed by atoms with van der Waals surface area (Å²) in [5, 5.41) is 7.32. The number of aromatic nitrogens is 2. The van der Waals surface area contributed by atoms with E-state index in [2.05, 4.69) is 31.2 Å². The lowest BCUT2D eigenvalue weighted by Crippen LogP contribution is -2.21. The molecule has 34 heavy (non-hydrogen) atoms. The summed E-state index contributed by atoms with van der Waals surface area (Å²) in [5.41, 5.74) is 4.94. The predicted octanol–water partition coefficient (Wildman–Crippen LogP) is 4.99. The molecule has 2 aromatic carbocycles. The zero-order valence-corrected chi connectivity index (χ0v) is 20.5. The molecule has 0 bridgehead atoms. The first-order chi connectivity index (χ1) is 16.1. The third-order valence-electron chi connectivity index (χ3n) is 5.42. The van der Waals surface area contributed by atoms with Gasteiger partial charge in [-0.25, -0.2) is 9.48 Å². The van der Waals surface area contributed by atoms with Crippen LogP contribution >= 0.6 is 0 Å². The molecule has 0 saturated carbocycles. The van der Waals surface area contributed by atoms with Crippen LogP contribution in [0, 0.1) is 13.8 Å². The summed E-state index contributed by atoms with van der Waals surface area (Å²) in [6.07, 6.45) is 2.97.